The topological polar surface area (TPSA) is 6.48 Å². The lowest BCUT2D eigenvalue weighted by atomic mass is 9.76. The first-order valence-corrected chi connectivity index (χ1v) is 19.3. The average Bonchev–Trinajstić information content (AvgIpc) is 3.87. The van der Waals surface area contributed by atoms with Gasteiger partial charge in [-0.25, -0.2) is 0 Å². The molecule has 2 nitrogen and oxygen atoms in total. The summed E-state index contributed by atoms with van der Waals surface area (Å²) in [6, 6.07) is 58.6. The molecule has 1 heterocycles. The zero-order valence-corrected chi connectivity index (χ0v) is 30.5. The first kappa shape index (κ1) is 31.1. The van der Waals surface area contributed by atoms with Crippen LogP contribution in [0.15, 0.2) is 158 Å². The van der Waals surface area contributed by atoms with E-state index in [1.54, 1.807) is 0 Å². The highest BCUT2D eigenvalue weighted by molar-refractivity contribution is 7.25. The maximum atomic E-state index is 2.54. The molecule has 0 aliphatic heterocycles. The van der Waals surface area contributed by atoms with Crippen LogP contribution in [0.4, 0.5) is 34.1 Å². The molecule has 10 rings (SSSR count). The first-order chi connectivity index (χ1) is 25.6. The fourth-order valence-electron chi connectivity index (χ4n) is 9.23. The Labute approximate surface area is 310 Å². The highest BCUT2D eigenvalue weighted by Crippen LogP contribution is 2.55. The van der Waals surface area contributed by atoms with Gasteiger partial charge in [0.05, 0.1) is 5.69 Å². The molecular formula is C49H40N2S. The lowest BCUT2D eigenvalue weighted by Crippen LogP contribution is -2.22. The Morgan fingerprint density at radius 1 is 0.462 bits per heavy atom. The zero-order valence-electron chi connectivity index (χ0n) is 29.6. The number of hydrogen-bond donors (Lipinski definition) is 0. The summed E-state index contributed by atoms with van der Waals surface area (Å²) in [4.78, 5) is 4.90. The van der Waals surface area contributed by atoms with E-state index in [2.05, 4.69) is 181 Å². The van der Waals surface area contributed by atoms with Crippen molar-refractivity contribution in [3.63, 3.8) is 0 Å². The van der Waals surface area contributed by atoms with Crippen molar-refractivity contribution in [2.45, 2.75) is 44.9 Å². The van der Waals surface area contributed by atoms with Gasteiger partial charge in [-0.15, -0.1) is 11.3 Å². The van der Waals surface area contributed by atoms with E-state index in [1.807, 2.05) is 11.3 Å². The molecule has 0 unspecified atom stereocenters. The Bertz CT molecular complexity index is 2560. The van der Waals surface area contributed by atoms with Crippen LogP contribution in [-0.4, -0.2) is 0 Å². The molecule has 8 aromatic rings. The smallest absolute Gasteiger partial charge is 0.0505 e. The summed E-state index contributed by atoms with van der Waals surface area (Å²) >= 11 is 1.90. The van der Waals surface area contributed by atoms with Gasteiger partial charge in [0.2, 0.25) is 0 Å². The predicted molar refractivity (Wildman–Crippen MR) is 222 cm³/mol. The van der Waals surface area contributed by atoms with Gasteiger partial charge < -0.3 is 9.80 Å². The van der Waals surface area contributed by atoms with Gasteiger partial charge in [-0.2, -0.15) is 0 Å². The second-order valence-corrected chi connectivity index (χ2v) is 15.7. The van der Waals surface area contributed by atoms with Crippen molar-refractivity contribution in [1.29, 1.82) is 0 Å². The molecular weight excluding hydrogens is 649 g/mol. The molecule has 252 valence electrons. The largest absolute Gasteiger partial charge is 0.310 e. The van der Waals surface area contributed by atoms with Crippen LogP contribution in [0.25, 0.3) is 20.2 Å². The summed E-state index contributed by atoms with van der Waals surface area (Å²) in [6.07, 6.45) is 4.52. The molecule has 1 aromatic heterocycles. The fourth-order valence-corrected chi connectivity index (χ4v) is 10.4. The summed E-state index contributed by atoms with van der Waals surface area (Å²) < 4.78 is 2.69. The highest BCUT2D eigenvalue weighted by Gasteiger charge is 2.45. The Balaban J connectivity index is 1.12. The molecule has 3 heteroatoms. The van der Waals surface area contributed by atoms with Gasteiger partial charge in [0.25, 0.3) is 0 Å². The molecule has 52 heavy (non-hydrogen) atoms. The SMILES string of the molecule is Cc1cc2c(cc1N(c1ccccc1)c1ccc3c(c1)[C@]1(CCc4ccc(N(c5ccccc5)c5ccccc5)cc41)CC3)sc1cccc(C)c12. The van der Waals surface area contributed by atoms with Gasteiger partial charge in [0, 0.05) is 54.0 Å². The molecule has 0 fully saturated rings. The van der Waals surface area contributed by atoms with E-state index in [1.165, 1.54) is 87.7 Å². The molecule has 0 saturated heterocycles. The molecule has 2 aliphatic rings. The van der Waals surface area contributed by atoms with Crippen molar-refractivity contribution in [1.82, 2.24) is 0 Å². The quantitative estimate of drug-likeness (QED) is 0.172. The van der Waals surface area contributed by atoms with Crippen LogP contribution in [0.2, 0.25) is 0 Å². The molecule has 7 aromatic carbocycles. The third-order valence-corrected chi connectivity index (χ3v) is 12.8. The van der Waals surface area contributed by atoms with Crippen LogP contribution < -0.4 is 9.80 Å². The summed E-state index contributed by atoms with van der Waals surface area (Å²) in [7, 11) is 0. The second-order valence-electron chi connectivity index (χ2n) is 14.6. The number of fused-ring (bicyclic) bond motifs is 7. The van der Waals surface area contributed by atoms with Crippen molar-refractivity contribution in [3.8, 4) is 0 Å². The molecule has 0 N–H and O–H groups in total. The van der Waals surface area contributed by atoms with Crippen molar-refractivity contribution in [2.75, 3.05) is 9.80 Å². The highest BCUT2D eigenvalue weighted by atomic mass is 32.1. The minimum atomic E-state index is 0.0000919. The van der Waals surface area contributed by atoms with Crippen LogP contribution >= 0.6 is 11.3 Å². The molecule has 1 spiro atoms. The van der Waals surface area contributed by atoms with Crippen LogP contribution in [0.1, 0.15) is 46.2 Å². The number of thiophene rings is 1. The van der Waals surface area contributed by atoms with Gasteiger partial charge in [-0.1, -0.05) is 78.9 Å². The van der Waals surface area contributed by atoms with E-state index in [9.17, 15) is 0 Å². The zero-order chi connectivity index (χ0) is 34.8. The molecule has 0 amide bonds. The normalized spacial score (nSPS) is 16.0. The molecule has 1 atom stereocenters. The average molecular weight is 689 g/mol. The third kappa shape index (κ3) is 4.91. The number of hydrogen-bond acceptors (Lipinski definition) is 3. The summed E-state index contributed by atoms with van der Waals surface area (Å²) in [6.45, 7) is 4.51. The van der Waals surface area contributed by atoms with Gasteiger partial charge in [-0.05, 0) is 152 Å². The Kier molecular flexibility index (Phi) is 7.33. The van der Waals surface area contributed by atoms with E-state index in [4.69, 9.17) is 0 Å². The van der Waals surface area contributed by atoms with E-state index in [0.717, 1.165) is 25.7 Å². The van der Waals surface area contributed by atoms with Crippen LogP contribution in [0.5, 0.6) is 0 Å². The Hall–Kier alpha value is -5.64. The maximum Gasteiger partial charge on any atom is 0.0505 e. The maximum absolute atomic E-state index is 2.54. The molecule has 2 aliphatic carbocycles. The van der Waals surface area contributed by atoms with Crippen LogP contribution in [-0.2, 0) is 18.3 Å². The van der Waals surface area contributed by atoms with Crippen molar-refractivity contribution >= 4 is 65.6 Å². The second kappa shape index (κ2) is 12.3. The number of nitrogens with zero attached hydrogens (tertiary/aromatic N) is 2. The van der Waals surface area contributed by atoms with Crippen molar-refractivity contribution < 1.29 is 0 Å². The summed E-state index contributed by atoms with van der Waals surface area (Å²) in [5.74, 6) is 0. The number of rotatable bonds is 6. The summed E-state index contributed by atoms with van der Waals surface area (Å²) in [5, 5.41) is 2.75. The molecule has 0 bridgehead atoms. The van der Waals surface area contributed by atoms with Gasteiger partial charge in [0.15, 0.2) is 0 Å². The lowest BCUT2D eigenvalue weighted by molar-refractivity contribution is 0.507. The van der Waals surface area contributed by atoms with Gasteiger partial charge in [-0.3, -0.25) is 0 Å². The minimum absolute atomic E-state index is 0.0000919. The van der Waals surface area contributed by atoms with Gasteiger partial charge >= 0.3 is 0 Å². The number of anilines is 6. The molecule has 0 radical (unpaired) electrons. The van der Waals surface area contributed by atoms with Crippen LogP contribution in [0.3, 0.4) is 0 Å². The number of aryl methyl sites for hydroxylation is 4. The van der Waals surface area contributed by atoms with E-state index in [-0.39, 0.29) is 5.41 Å². The molecule has 0 saturated carbocycles. The van der Waals surface area contributed by atoms with Crippen LogP contribution in [0, 0.1) is 13.8 Å². The third-order valence-electron chi connectivity index (χ3n) is 11.7. The van der Waals surface area contributed by atoms with Crippen molar-refractivity contribution in [2.24, 2.45) is 0 Å². The number of benzene rings is 7. The first-order valence-electron chi connectivity index (χ1n) is 18.5. The van der Waals surface area contributed by atoms with E-state index >= 15 is 0 Å². The predicted octanol–water partition coefficient (Wildman–Crippen LogP) is 13.8. The van der Waals surface area contributed by atoms with Gasteiger partial charge in [0.1, 0.15) is 0 Å². The standard InChI is InChI=1S/C49H40N2S/c1-33-13-12-20-46-48(33)42-29-34(2)45(32-47(42)52-46)51(39-18-10-5-11-19-39)41-24-22-36-26-28-49(44(36)31-41)27-25-35-21-23-40(30-43(35)49)50(37-14-6-3-7-15-37)38-16-8-4-9-17-38/h3-24,29-32H,25-28H2,1-2H3/t49-/m1/s1. The minimum Gasteiger partial charge on any atom is -0.310 e. The summed E-state index contributed by atoms with van der Waals surface area (Å²) in [5.41, 5.74) is 15.8. The van der Waals surface area contributed by atoms with Crippen molar-refractivity contribution in [3.05, 3.63) is 191 Å². The lowest BCUT2D eigenvalue weighted by Gasteiger charge is -2.32. The Morgan fingerprint density at radius 3 is 1.58 bits per heavy atom. The monoisotopic (exact) mass is 688 g/mol. The van der Waals surface area contributed by atoms with E-state index < -0.39 is 0 Å². The number of para-hydroxylation sites is 3. The van der Waals surface area contributed by atoms with E-state index in [0.29, 0.717) is 0 Å². The Morgan fingerprint density at radius 2 is 1.00 bits per heavy atom. The fraction of sp³-hybridized carbons (Fsp3) is 0.143.